The summed E-state index contributed by atoms with van der Waals surface area (Å²) in [5, 5.41) is 2.02. The Labute approximate surface area is 143 Å². The molecule has 7 nitrogen and oxygen atoms in total. The number of carbonyl (C=O) groups excluding carboxylic acids is 2. The average Bonchev–Trinajstić information content (AvgIpc) is 3.16. The second kappa shape index (κ2) is 7.39. The molecule has 2 aromatic rings. The van der Waals surface area contributed by atoms with Gasteiger partial charge < -0.3 is 14.5 Å². The smallest absolute Gasteiger partial charge is 0.315 e. The first kappa shape index (κ1) is 16.4. The highest BCUT2D eigenvalue weighted by Crippen LogP contribution is 2.24. The molecule has 0 saturated carbocycles. The first-order valence-electron chi connectivity index (χ1n) is 7.64. The molecule has 3 rings (SSSR count). The van der Waals surface area contributed by atoms with Crippen molar-refractivity contribution in [3.8, 4) is 10.6 Å². The molecule has 126 valence electrons. The van der Waals surface area contributed by atoms with Gasteiger partial charge in [-0.1, -0.05) is 6.07 Å². The van der Waals surface area contributed by atoms with Crippen molar-refractivity contribution in [2.75, 3.05) is 38.2 Å². The second-order valence-electron chi connectivity index (χ2n) is 5.34. The van der Waals surface area contributed by atoms with Crippen molar-refractivity contribution in [2.24, 2.45) is 0 Å². The zero-order chi connectivity index (χ0) is 16.9. The fraction of sp³-hybridized carbons (Fsp3) is 0.375. The van der Waals surface area contributed by atoms with Crippen molar-refractivity contribution in [3.63, 3.8) is 0 Å². The Morgan fingerprint density at radius 2 is 2.04 bits per heavy atom. The van der Waals surface area contributed by atoms with Gasteiger partial charge in [-0.3, -0.25) is 9.59 Å². The summed E-state index contributed by atoms with van der Waals surface area (Å²) in [5.74, 6) is -0.0369. The van der Waals surface area contributed by atoms with E-state index in [4.69, 9.17) is 0 Å². The largest absolute Gasteiger partial charge is 0.469 e. The van der Waals surface area contributed by atoms with E-state index in [0.717, 1.165) is 10.6 Å². The van der Waals surface area contributed by atoms with Crippen LogP contribution in [0.4, 0.5) is 5.95 Å². The van der Waals surface area contributed by atoms with Gasteiger partial charge in [0.15, 0.2) is 0 Å². The van der Waals surface area contributed by atoms with Crippen LogP contribution in [0.3, 0.4) is 0 Å². The molecule has 8 heteroatoms. The van der Waals surface area contributed by atoms with Crippen LogP contribution < -0.4 is 4.90 Å². The lowest BCUT2D eigenvalue weighted by Crippen LogP contribution is -2.49. The Morgan fingerprint density at radius 3 is 2.71 bits per heavy atom. The van der Waals surface area contributed by atoms with Crippen LogP contribution in [0.25, 0.3) is 10.6 Å². The maximum absolute atomic E-state index is 12.0. The molecule has 0 atom stereocenters. The lowest BCUT2D eigenvalue weighted by atomic mass is 10.3. The highest BCUT2D eigenvalue weighted by atomic mass is 32.1. The Bertz CT molecular complexity index is 712. The van der Waals surface area contributed by atoms with Crippen LogP contribution in [-0.4, -0.2) is 60.0 Å². The molecule has 3 heterocycles. The predicted octanol–water partition coefficient (Wildman–Crippen LogP) is 1.42. The van der Waals surface area contributed by atoms with Crippen LogP contribution in [0, 0.1) is 0 Å². The normalized spacial score (nSPS) is 14.5. The summed E-state index contributed by atoms with van der Waals surface area (Å²) in [5.41, 5.74) is 0.902. The molecule has 0 aliphatic carbocycles. The minimum Gasteiger partial charge on any atom is -0.469 e. The maximum atomic E-state index is 12.0. The van der Waals surface area contributed by atoms with Crippen LogP contribution in [0.5, 0.6) is 0 Å². The number of hydrogen-bond donors (Lipinski definition) is 0. The van der Waals surface area contributed by atoms with Crippen molar-refractivity contribution in [1.82, 2.24) is 14.9 Å². The summed E-state index contributed by atoms with van der Waals surface area (Å²) in [4.78, 5) is 37.0. The molecular formula is C16H18N4O3S. The molecule has 0 spiro atoms. The van der Waals surface area contributed by atoms with Crippen molar-refractivity contribution in [2.45, 2.75) is 6.42 Å². The van der Waals surface area contributed by atoms with Gasteiger partial charge in [-0.15, -0.1) is 11.3 Å². The van der Waals surface area contributed by atoms with E-state index in [2.05, 4.69) is 19.6 Å². The third kappa shape index (κ3) is 3.70. The number of aromatic nitrogens is 2. The number of rotatable bonds is 4. The Morgan fingerprint density at radius 1 is 1.25 bits per heavy atom. The number of esters is 1. The quantitative estimate of drug-likeness (QED) is 0.616. The molecule has 1 amide bonds. The average molecular weight is 346 g/mol. The number of nitrogens with zero attached hydrogens (tertiary/aromatic N) is 4. The van der Waals surface area contributed by atoms with Gasteiger partial charge in [0, 0.05) is 32.4 Å². The van der Waals surface area contributed by atoms with Gasteiger partial charge in [0.1, 0.15) is 6.42 Å². The van der Waals surface area contributed by atoms with Gasteiger partial charge in [-0.05, 0) is 17.5 Å². The number of carbonyl (C=O) groups is 2. The molecule has 1 aliphatic rings. The lowest BCUT2D eigenvalue weighted by Gasteiger charge is -2.34. The predicted molar refractivity (Wildman–Crippen MR) is 90.8 cm³/mol. The molecule has 2 aromatic heterocycles. The second-order valence-corrected chi connectivity index (χ2v) is 6.29. The summed E-state index contributed by atoms with van der Waals surface area (Å²) in [6, 6.07) is 5.92. The fourth-order valence-electron chi connectivity index (χ4n) is 2.53. The van der Waals surface area contributed by atoms with Crippen LogP contribution in [0.1, 0.15) is 6.42 Å². The Kier molecular flexibility index (Phi) is 5.05. The standard InChI is InChI=1S/C16H18N4O3S/c1-23-15(22)11-14(21)19-6-8-20(9-7-19)16-17-5-4-12(18-16)13-3-2-10-24-13/h2-5,10H,6-9,11H2,1H3. The Balaban J connectivity index is 1.62. The number of ether oxygens (including phenoxy) is 1. The summed E-state index contributed by atoms with van der Waals surface area (Å²) >= 11 is 1.64. The number of thiophene rings is 1. The SMILES string of the molecule is COC(=O)CC(=O)N1CCN(c2nccc(-c3cccs3)n2)CC1. The summed E-state index contributed by atoms with van der Waals surface area (Å²) in [7, 11) is 1.28. The van der Waals surface area contributed by atoms with Crippen molar-refractivity contribution in [3.05, 3.63) is 29.8 Å². The van der Waals surface area contributed by atoms with E-state index >= 15 is 0 Å². The van der Waals surface area contributed by atoms with Crippen molar-refractivity contribution in [1.29, 1.82) is 0 Å². The van der Waals surface area contributed by atoms with Gasteiger partial charge in [0.05, 0.1) is 17.7 Å². The van der Waals surface area contributed by atoms with Gasteiger partial charge in [0.25, 0.3) is 0 Å². The first-order valence-corrected chi connectivity index (χ1v) is 8.52. The molecule has 0 radical (unpaired) electrons. The molecule has 1 aliphatic heterocycles. The topological polar surface area (TPSA) is 75.6 Å². The van der Waals surface area contributed by atoms with Crippen LogP contribution in [0.15, 0.2) is 29.8 Å². The van der Waals surface area contributed by atoms with E-state index in [1.807, 2.05) is 23.6 Å². The van der Waals surface area contributed by atoms with Gasteiger partial charge >= 0.3 is 5.97 Å². The van der Waals surface area contributed by atoms with E-state index in [9.17, 15) is 9.59 Å². The van der Waals surface area contributed by atoms with Gasteiger partial charge in [0.2, 0.25) is 11.9 Å². The lowest BCUT2D eigenvalue weighted by molar-refractivity contribution is -0.146. The van der Waals surface area contributed by atoms with E-state index in [0.29, 0.717) is 32.1 Å². The first-order chi connectivity index (χ1) is 11.7. The van der Waals surface area contributed by atoms with Gasteiger partial charge in [-0.25, -0.2) is 9.97 Å². The molecular weight excluding hydrogens is 328 g/mol. The van der Waals surface area contributed by atoms with E-state index < -0.39 is 5.97 Å². The molecule has 0 unspecified atom stereocenters. The van der Waals surface area contributed by atoms with E-state index in [1.165, 1.54) is 7.11 Å². The number of methoxy groups -OCH3 is 1. The monoisotopic (exact) mass is 346 g/mol. The van der Waals surface area contributed by atoms with Crippen LogP contribution >= 0.6 is 11.3 Å². The minimum atomic E-state index is -0.505. The number of amides is 1. The van der Waals surface area contributed by atoms with Crippen LogP contribution in [-0.2, 0) is 14.3 Å². The highest BCUT2D eigenvalue weighted by molar-refractivity contribution is 7.13. The van der Waals surface area contributed by atoms with Crippen molar-refractivity contribution >= 4 is 29.2 Å². The summed E-state index contributed by atoms with van der Waals surface area (Å²) < 4.78 is 4.53. The van der Waals surface area contributed by atoms with E-state index in [1.54, 1.807) is 22.4 Å². The van der Waals surface area contributed by atoms with Crippen molar-refractivity contribution < 1.29 is 14.3 Å². The number of hydrogen-bond acceptors (Lipinski definition) is 7. The molecule has 24 heavy (non-hydrogen) atoms. The maximum Gasteiger partial charge on any atom is 0.315 e. The van der Waals surface area contributed by atoms with E-state index in [-0.39, 0.29) is 12.3 Å². The molecule has 1 saturated heterocycles. The zero-order valence-electron chi connectivity index (χ0n) is 13.3. The molecule has 0 N–H and O–H groups in total. The molecule has 0 bridgehead atoms. The third-order valence-corrected chi connectivity index (χ3v) is 4.75. The molecule has 1 fully saturated rings. The Hall–Kier alpha value is -2.48. The summed E-state index contributed by atoms with van der Waals surface area (Å²) in [6.07, 6.45) is 1.55. The fourth-order valence-corrected chi connectivity index (χ4v) is 3.22. The number of piperazine rings is 1. The number of anilines is 1. The highest BCUT2D eigenvalue weighted by Gasteiger charge is 2.24. The summed E-state index contributed by atoms with van der Waals surface area (Å²) in [6.45, 7) is 2.37. The van der Waals surface area contributed by atoms with Crippen LogP contribution in [0.2, 0.25) is 0 Å². The third-order valence-electron chi connectivity index (χ3n) is 3.85. The molecule has 0 aromatic carbocycles. The zero-order valence-corrected chi connectivity index (χ0v) is 14.2. The van der Waals surface area contributed by atoms with Gasteiger partial charge in [-0.2, -0.15) is 0 Å². The minimum absolute atomic E-state index is 0.199.